The number of hydrogen-bond acceptors (Lipinski definition) is 6. The third-order valence-electron chi connectivity index (χ3n) is 9.27. The van der Waals surface area contributed by atoms with Crippen LogP contribution in [0.1, 0.15) is 70.1 Å². The Hall–Kier alpha value is -4.88. The Morgan fingerprint density at radius 3 is 2.57 bits per heavy atom. The molecule has 0 saturated carbocycles. The Balaban J connectivity index is 0.000000283. The molecule has 1 N–H and O–H groups in total. The first kappa shape index (κ1) is 31.1. The van der Waals surface area contributed by atoms with Crippen molar-refractivity contribution in [1.29, 1.82) is 0 Å². The van der Waals surface area contributed by atoms with Gasteiger partial charge in [0.25, 0.3) is 5.69 Å². The minimum absolute atomic E-state index is 0.00823. The number of nitrogens with one attached hydrogen (secondary N) is 1. The Kier molecular flexibility index (Phi) is 9.50. The number of aliphatic imine (C=N–C) groups is 1. The summed E-state index contributed by atoms with van der Waals surface area (Å²) >= 11 is 0. The van der Waals surface area contributed by atoms with Gasteiger partial charge >= 0.3 is 0 Å². The highest BCUT2D eigenvalue weighted by molar-refractivity contribution is 6.03. The van der Waals surface area contributed by atoms with E-state index >= 15 is 0 Å². The largest absolute Gasteiger partial charge is 0.360 e. The minimum atomic E-state index is -0.423. The van der Waals surface area contributed by atoms with E-state index in [0.717, 1.165) is 30.8 Å². The van der Waals surface area contributed by atoms with Crippen molar-refractivity contribution in [2.45, 2.75) is 50.4 Å². The summed E-state index contributed by atoms with van der Waals surface area (Å²) in [6, 6.07) is 27.0. The van der Waals surface area contributed by atoms with E-state index < -0.39 is 4.92 Å². The number of ketones is 1. The number of Topliss-reactive ketones (excluding diaryl/α,β-unsaturated/α-hetero) is 1. The van der Waals surface area contributed by atoms with Crippen LogP contribution in [0.4, 0.5) is 17.1 Å². The zero-order valence-electron chi connectivity index (χ0n) is 26.5. The van der Waals surface area contributed by atoms with E-state index in [1.165, 1.54) is 64.8 Å². The number of nitrogens with zero attached hydrogens (tertiary/aromatic N) is 3. The molecule has 7 rings (SSSR count). The molecule has 0 amide bonds. The number of hydrogen-bond donors (Lipinski definition) is 1. The topological polar surface area (TPSA) is 87.8 Å². The number of rotatable bonds is 7. The monoisotopic (exact) mass is 612 g/mol. The van der Waals surface area contributed by atoms with Crippen molar-refractivity contribution >= 4 is 29.1 Å². The molecule has 1 heterocycles. The van der Waals surface area contributed by atoms with Crippen LogP contribution in [0.25, 0.3) is 11.1 Å². The maximum absolute atomic E-state index is 13.9. The molecular weight excluding hydrogens is 572 g/mol. The maximum Gasteiger partial charge on any atom is 0.269 e. The first-order valence-corrected chi connectivity index (χ1v) is 16.1. The molecule has 7 heteroatoms. The highest BCUT2D eigenvalue weighted by Gasteiger charge is 2.35. The molecule has 0 saturated heterocycles. The third-order valence-corrected chi connectivity index (χ3v) is 9.27. The number of fused-ring (bicyclic) bond motifs is 6. The third kappa shape index (κ3) is 6.70. The molecule has 0 bridgehead atoms. The molecular formula is C39H40N4O3. The van der Waals surface area contributed by atoms with Gasteiger partial charge < -0.3 is 10.2 Å². The van der Waals surface area contributed by atoms with Crippen LogP contribution in [-0.2, 0) is 12.8 Å². The second-order valence-corrected chi connectivity index (χ2v) is 12.5. The van der Waals surface area contributed by atoms with Gasteiger partial charge in [-0.05, 0) is 129 Å². The second kappa shape index (κ2) is 14.0. The number of carbonyl (C=O) groups excluding carboxylic acids is 1. The van der Waals surface area contributed by atoms with Gasteiger partial charge in [-0.3, -0.25) is 19.9 Å². The van der Waals surface area contributed by atoms with Gasteiger partial charge in [0.2, 0.25) is 0 Å². The summed E-state index contributed by atoms with van der Waals surface area (Å²) in [4.78, 5) is 31.0. The lowest BCUT2D eigenvalue weighted by atomic mass is 9.69. The average molecular weight is 613 g/mol. The molecule has 2 aliphatic carbocycles. The van der Waals surface area contributed by atoms with Gasteiger partial charge in [0.15, 0.2) is 5.78 Å². The van der Waals surface area contributed by atoms with E-state index in [1.54, 1.807) is 18.3 Å². The van der Waals surface area contributed by atoms with E-state index in [0.29, 0.717) is 17.9 Å². The van der Waals surface area contributed by atoms with E-state index in [9.17, 15) is 14.9 Å². The fourth-order valence-electron chi connectivity index (χ4n) is 7.08. The van der Waals surface area contributed by atoms with Crippen LogP contribution in [0, 0.1) is 10.1 Å². The Morgan fingerprint density at radius 2 is 1.76 bits per heavy atom. The van der Waals surface area contributed by atoms with Gasteiger partial charge in [0, 0.05) is 30.1 Å². The van der Waals surface area contributed by atoms with Gasteiger partial charge in [-0.25, -0.2) is 0 Å². The Morgan fingerprint density at radius 1 is 0.978 bits per heavy atom. The predicted molar refractivity (Wildman–Crippen MR) is 187 cm³/mol. The molecule has 2 unspecified atom stereocenters. The molecule has 3 aliphatic rings. The molecule has 4 aromatic carbocycles. The average Bonchev–Trinajstić information content (AvgIpc) is 3.33. The maximum atomic E-state index is 13.9. The smallest absolute Gasteiger partial charge is 0.269 e. The van der Waals surface area contributed by atoms with Gasteiger partial charge in [-0.2, -0.15) is 0 Å². The van der Waals surface area contributed by atoms with Crippen molar-refractivity contribution in [1.82, 2.24) is 4.90 Å². The molecule has 0 aromatic heterocycles. The highest BCUT2D eigenvalue weighted by Crippen LogP contribution is 2.47. The SMILES string of the molecule is C1=CNc2ccccc2N=C1.CN(C)CCCC1CCCc2c1ccc1c2C(C(=O)c2ccc([N+](=O)[O-])cc2)Cc2ccccc2-1. The zero-order valence-corrected chi connectivity index (χ0v) is 26.5. The van der Waals surface area contributed by atoms with E-state index in [2.05, 4.69) is 59.6 Å². The van der Waals surface area contributed by atoms with Crippen molar-refractivity contribution in [3.05, 3.63) is 135 Å². The van der Waals surface area contributed by atoms with E-state index in [-0.39, 0.29) is 17.4 Å². The fraction of sp³-hybridized carbons (Fsp3) is 0.282. The van der Waals surface area contributed by atoms with Gasteiger partial charge in [0.05, 0.1) is 22.2 Å². The van der Waals surface area contributed by atoms with E-state index in [4.69, 9.17) is 0 Å². The normalized spacial score (nSPS) is 17.3. The van der Waals surface area contributed by atoms with Crippen LogP contribution in [-0.4, -0.2) is 42.5 Å². The highest BCUT2D eigenvalue weighted by atomic mass is 16.6. The van der Waals surface area contributed by atoms with Gasteiger partial charge in [0.1, 0.15) is 0 Å². The van der Waals surface area contributed by atoms with Crippen LogP contribution in [0.2, 0.25) is 0 Å². The molecule has 0 spiro atoms. The molecule has 7 nitrogen and oxygen atoms in total. The number of carbonyl (C=O) groups is 1. The Labute approximate surface area is 270 Å². The van der Waals surface area contributed by atoms with E-state index in [1.807, 2.05) is 42.6 Å². The standard InChI is InChI=1S/C30H32N2O3.C9H8N2/c1-31(2)18-6-9-20-8-5-11-26-25(20)16-17-27-24-10-4-3-7-22(24)19-28(29(26)27)30(33)21-12-14-23(15-13-21)32(34)35;1-2-5-9-8(4-1)10-6-3-7-11-9/h3-4,7,10,12-17,20,28H,5-6,8-9,11,18-19H2,1-2H3;1-7,10H. The lowest BCUT2D eigenvalue weighted by Crippen LogP contribution is -2.24. The number of allylic oxidation sites excluding steroid dienone is 1. The summed E-state index contributed by atoms with van der Waals surface area (Å²) in [6.07, 6.45) is 11.9. The first-order chi connectivity index (χ1) is 22.4. The number of nitro benzene ring substituents is 1. The number of non-ortho nitro benzene ring substituents is 1. The molecule has 0 radical (unpaired) electrons. The summed E-state index contributed by atoms with van der Waals surface area (Å²) in [6.45, 7) is 1.09. The minimum Gasteiger partial charge on any atom is -0.360 e. The lowest BCUT2D eigenvalue weighted by Gasteiger charge is -2.34. The molecule has 46 heavy (non-hydrogen) atoms. The Bertz CT molecular complexity index is 1790. The quantitative estimate of drug-likeness (QED) is 0.128. The zero-order chi connectivity index (χ0) is 32.0. The van der Waals surface area contributed by atoms with Crippen LogP contribution < -0.4 is 5.32 Å². The molecule has 2 atom stereocenters. The van der Waals surface area contributed by atoms with Crippen LogP contribution >= 0.6 is 0 Å². The predicted octanol–water partition coefficient (Wildman–Crippen LogP) is 8.87. The second-order valence-electron chi connectivity index (χ2n) is 12.5. The van der Waals surface area contributed by atoms with Crippen molar-refractivity contribution in [2.75, 3.05) is 26.0 Å². The summed E-state index contributed by atoms with van der Waals surface area (Å²) in [5, 5.41) is 14.2. The fourth-order valence-corrected chi connectivity index (χ4v) is 7.08. The number of benzene rings is 4. The molecule has 1 aliphatic heterocycles. The summed E-state index contributed by atoms with van der Waals surface area (Å²) in [7, 11) is 4.24. The number of nitro groups is 1. The van der Waals surface area contributed by atoms with Crippen molar-refractivity contribution < 1.29 is 9.72 Å². The molecule has 234 valence electrons. The number of anilines is 1. The lowest BCUT2D eigenvalue weighted by molar-refractivity contribution is -0.384. The van der Waals surface area contributed by atoms with Crippen molar-refractivity contribution in [2.24, 2.45) is 4.99 Å². The number of para-hydroxylation sites is 2. The molecule has 0 fully saturated rings. The first-order valence-electron chi connectivity index (χ1n) is 16.1. The summed E-state index contributed by atoms with van der Waals surface area (Å²) in [5.41, 5.74) is 10.2. The summed E-state index contributed by atoms with van der Waals surface area (Å²) < 4.78 is 0. The van der Waals surface area contributed by atoms with Crippen molar-refractivity contribution in [3.63, 3.8) is 0 Å². The van der Waals surface area contributed by atoms with Crippen molar-refractivity contribution in [3.8, 4) is 11.1 Å². The molecule has 4 aromatic rings. The summed E-state index contributed by atoms with van der Waals surface area (Å²) in [5.74, 6) is 0.326. The van der Waals surface area contributed by atoms with Gasteiger partial charge in [-0.15, -0.1) is 0 Å². The van der Waals surface area contributed by atoms with Crippen LogP contribution in [0.15, 0.2) is 102 Å². The van der Waals surface area contributed by atoms with Crippen LogP contribution in [0.3, 0.4) is 0 Å². The van der Waals surface area contributed by atoms with Crippen LogP contribution in [0.5, 0.6) is 0 Å². The van der Waals surface area contributed by atoms with Gasteiger partial charge in [-0.1, -0.05) is 48.5 Å².